The molecule has 0 aromatic carbocycles. The van der Waals surface area contributed by atoms with E-state index in [1.54, 1.807) is 17.3 Å². The molecule has 0 radical (unpaired) electrons. The second-order valence-corrected chi connectivity index (χ2v) is 6.65. The van der Waals surface area contributed by atoms with Gasteiger partial charge in [-0.25, -0.2) is 9.78 Å². The Bertz CT molecular complexity index is 786. The van der Waals surface area contributed by atoms with Crippen molar-refractivity contribution in [1.29, 1.82) is 0 Å². The molecule has 27 heavy (non-hydrogen) atoms. The third kappa shape index (κ3) is 4.84. The highest BCUT2D eigenvalue weighted by atomic mass is 16.2. The highest BCUT2D eigenvalue weighted by molar-refractivity contribution is 5.75. The predicted octanol–water partition coefficient (Wildman–Crippen LogP) is 1.93. The molecule has 1 atom stereocenters. The zero-order valence-electron chi connectivity index (χ0n) is 15.6. The molecule has 2 aromatic heterocycles. The smallest absolute Gasteiger partial charge is 0.318 e. The van der Waals surface area contributed by atoms with E-state index in [9.17, 15) is 9.59 Å². The molecule has 0 spiro atoms. The summed E-state index contributed by atoms with van der Waals surface area (Å²) < 4.78 is 0. The standard InChI is InChI=1S/C19H26N6O2/c1-2-3-6-16(15-5-4-7-20-14-15)23-19(27)25-12-10-24(11-13-25)17-18(26)22-9-8-21-17/h4-5,7-9,14,16H,2-3,6,10-13H2,1H3,(H,22,26)(H,23,27)/t16-/m0/s1. The van der Waals surface area contributed by atoms with Gasteiger partial charge in [0.1, 0.15) is 0 Å². The summed E-state index contributed by atoms with van der Waals surface area (Å²) in [5.41, 5.74) is 0.824. The second kappa shape index (κ2) is 9.16. The first-order valence-electron chi connectivity index (χ1n) is 9.43. The largest absolute Gasteiger partial charge is 0.348 e. The van der Waals surface area contributed by atoms with Crippen LogP contribution in [0.15, 0.2) is 41.7 Å². The first kappa shape index (κ1) is 18.9. The number of H-pyrrole nitrogens is 1. The van der Waals surface area contributed by atoms with Crippen LogP contribution in [0.25, 0.3) is 0 Å². The van der Waals surface area contributed by atoms with Crippen molar-refractivity contribution in [3.05, 3.63) is 52.8 Å². The van der Waals surface area contributed by atoms with Crippen LogP contribution >= 0.6 is 0 Å². The van der Waals surface area contributed by atoms with Crippen LogP contribution < -0.4 is 15.8 Å². The number of anilines is 1. The van der Waals surface area contributed by atoms with Gasteiger partial charge in [-0.05, 0) is 18.1 Å². The summed E-state index contributed by atoms with van der Waals surface area (Å²) in [6, 6.07) is 3.78. The zero-order valence-corrected chi connectivity index (χ0v) is 15.6. The third-order valence-corrected chi connectivity index (χ3v) is 4.79. The molecule has 2 amide bonds. The number of urea groups is 1. The van der Waals surface area contributed by atoms with Crippen molar-refractivity contribution in [2.45, 2.75) is 32.2 Å². The van der Waals surface area contributed by atoms with Crippen LogP contribution in [0, 0.1) is 0 Å². The molecule has 1 aliphatic rings. The lowest BCUT2D eigenvalue weighted by molar-refractivity contribution is 0.189. The molecule has 3 heterocycles. The van der Waals surface area contributed by atoms with Gasteiger partial charge in [0, 0.05) is 51.0 Å². The van der Waals surface area contributed by atoms with Crippen molar-refractivity contribution in [1.82, 2.24) is 25.2 Å². The van der Waals surface area contributed by atoms with Gasteiger partial charge < -0.3 is 20.1 Å². The minimum atomic E-state index is -0.202. The summed E-state index contributed by atoms with van der Waals surface area (Å²) >= 11 is 0. The van der Waals surface area contributed by atoms with Crippen molar-refractivity contribution >= 4 is 11.8 Å². The lowest BCUT2D eigenvalue weighted by Crippen LogP contribution is -2.53. The Hall–Kier alpha value is -2.90. The van der Waals surface area contributed by atoms with Crippen LogP contribution in [0.2, 0.25) is 0 Å². The van der Waals surface area contributed by atoms with Gasteiger partial charge in [0.05, 0.1) is 6.04 Å². The van der Waals surface area contributed by atoms with E-state index >= 15 is 0 Å². The number of nitrogens with zero attached hydrogens (tertiary/aromatic N) is 4. The maximum atomic E-state index is 12.7. The first-order valence-corrected chi connectivity index (χ1v) is 9.43. The van der Waals surface area contributed by atoms with E-state index in [0.717, 1.165) is 24.8 Å². The van der Waals surface area contributed by atoms with Crippen LogP contribution in [-0.2, 0) is 0 Å². The molecule has 0 bridgehead atoms. The fraction of sp³-hybridized carbons (Fsp3) is 0.474. The van der Waals surface area contributed by atoms with Crippen LogP contribution in [-0.4, -0.2) is 52.1 Å². The van der Waals surface area contributed by atoms with E-state index in [-0.39, 0.29) is 17.6 Å². The molecule has 1 saturated heterocycles. The van der Waals surface area contributed by atoms with Crippen LogP contribution in [0.5, 0.6) is 0 Å². The Kier molecular flexibility index (Phi) is 6.40. The third-order valence-electron chi connectivity index (χ3n) is 4.79. The molecule has 0 unspecified atom stereocenters. The van der Waals surface area contributed by atoms with Gasteiger partial charge >= 0.3 is 6.03 Å². The topological polar surface area (TPSA) is 94.2 Å². The lowest BCUT2D eigenvalue weighted by atomic mass is 10.0. The number of carbonyl (C=O) groups excluding carboxylic acids is 1. The normalized spacial score (nSPS) is 15.4. The fourth-order valence-corrected chi connectivity index (χ4v) is 3.24. The van der Waals surface area contributed by atoms with Crippen LogP contribution in [0.1, 0.15) is 37.8 Å². The number of rotatable bonds is 6. The van der Waals surface area contributed by atoms with E-state index < -0.39 is 0 Å². The number of pyridine rings is 1. The number of piperazine rings is 1. The van der Waals surface area contributed by atoms with Crippen molar-refractivity contribution in [3.63, 3.8) is 0 Å². The Morgan fingerprint density at radius 3 is 2.78 bits per heavy atom. The first-order chi connectivity index (χ1) is 13.2. The van der Waals surface area contributed by atoms with Crippen molar-refractivity contribution in [3.8, 4) is 0 Å². The van der Waals surface area contributed by atoms with E-state index in [0.29, 0.717) is 32.0 Å². The van der Waals surface area contributed by atoms with E-state index in [4.69, 9.17) is 0 Å². The Balaban J connectivity index is 1.59. The predicted molar refractivity (Wildman–Crippen MR) is 104 cm³/mol. The number of aromatic amines is 1. The Morgan fingerprint density at radius 2 is 2.11 bits per heavy atom. The summed E-state index contributed by atoms with van der Waals surface area (Å²) in [5, 5.41) is 3.15. The maximum Gasteiger partial charge on any atom is 0.318 e. The van der Waals surface area contributed by atoms with Gasteiger partial charge in [0.25, 0.3) is 5.56 Å². The number of hydrogen-bond donors (Lipinski definition) is 2. The van der Waals surface area contributed by atoms with Crippen molar-refractivity contribution in [2.75, 3.05) is 31.1 Å². The molecular weight excluding hydrogens is 344 g/mol. The molecule has 1 aliphatic heterocycles. The van der Waals surface area contributed by atoms with Gasteiger partial charge in [0.15, 0.2) is 5.82 Å². The summed E-state index contributed by atoms with van der Waals surface area (Å²) in [7, 11) is 0. The van der Waals surface area contributed by atoms with Gasteiger partial charge in [-0.2, -0.15) is 0 Å². The Labute approximate surface area is 158 Å². The molecule has 2 N–H and O–H groups in total. The molecule has 3 rings (SSSR count). The van der Waals surface area contributed by atoms with Gasteiger partial charge in [-0.1, -0.05) is 25.8 Å². The van der Waals surface area contributed by atoms with Gasteiger partial charge in [-0.3, -0.25) is 9.78 Å². The number of unbranched alkanes of at least 4 members (excludes halogenated alkanes) is 1. The average molecular weight is 370 g/mol. The van der Waals surface area contributed by atoms with Crippen LogP contribution in [0.3, 0.4) is 0 Å². The monoisotopic (exact) mass is 370 g/mol. The zero-order chi connectivity index (χ0) is 19.1. The van der Waals surface area contributed by atoms with E-state index in [1.807, 2.05) is 23.2 Å². The summed E-state index contributed by atoms with van der Waals surface area (Å²) in [6.07, 6.45) is 9.64. The molecule has 1 fully saturated rings. The summed E-state index contributed by atoms with van der Waals surface area (Å²) in [6.45, 7) is 4.41. The van der Waals surface area contributed by atoms with E-state index in [2.05, 4.69) is 27.2 Å². The molecule has 2 aromatic rings. The highest BCUT2D eigenvalue weighted by Gasteiger charge is 2.25. The van der Waals surface area contributed by atoms with E-state index in [1.165, 1.54) is 6.20 Å². The average Bonchev–Trinajstić information content (AvgIpc) is 2.72. The molecule has 8 heteroatoms. The molecule has 8 nitrogen and oxygen atoms in total. The van der Waals surface area contributed by atoms with Crippen molar-refractivity contribution in [2.24, 2.45) is 0 Å². The fourth-order valence-electron chi connectivity index (χ4n) is 3.24. The highest BCUT2D eigenvalue weighted by Crippen LogP contribution is 2.19. The molecule has 0 saturated carbocycles. The minimum absolute atomic E-state index is 0.0391. The number of amides is 2. The van der Waals surface area contributed by atoms with Crippen LogP contribution in [0.4, 0.5) is 10.6 Å². The molecule has 144 valence electrons. The van der Waals surface area contributed by atoms with Gasteiger partial charge in [-0.15, -0.1) is 0 Å². The van der Waals surface area contributed by atoms with Crippen molar-refractivity contribution < 1.29 is 4.79 Å². The number of aromatic nitrogens is 3. The number of carbonyl (C=O) groups is 1. The summed E-state index contributed by atoms with van der Waals surface area (Å²) in [4.78, 5) is 39.3. The maximum absolute atomic E-state index is 12.7. The lowest BCUT2D eigenvalue weighted by Gasteiger charge is -2.35. The molecular formula is C19H26N6O2. The SMILES string of the molecule is CCCC[C@H](NC(=O)N1CCN(c2ncc[nH]c2=O)CC1)c1cccnc1. The number of nitrogens with one attached hydrogen (secondary N) is 2. The minimum Gasteiger partial charge on any atom is -0.348 e. The molecule has 0 aliphatic carbocycles. The quantitative estimate of drug-likeness (QED) is 0.810. The van der Waals surface area contributed by atoms with Gasteiger partial charge in [0.2, 0.25) is 0 Å². The number of hydrogen-bond acceptors (Lipinski definition) is 5. The second-order valence-electron chi connectivity index (χ2n) is 6.65. The Morgan fingerprint density at radius 1 is 1.30 bits per heavy atom. The summed E-state index contributed by atoms with van der Waals surface area (Å²) in [5.74, 6) is 0.411.